The van der Waals surface area contributed by atoms with Crippen LogP contribution in [0.1, 0.15) is 44.6 Å². The zero-order valence-corrected chi connectivity index (χ0v) is 14.1. The van der Waals surface area contributed by atoms with Crippen LogP contribution in [0.25, 0.3) is 6.08 Å². The number of amides is 2. The number of rotatable bonds is 4. The van der Waals surface area contributed by atoms with Gasteiger partial charge < -0.3 is 4.74 Å². The fourth-order valence-electron chi connectivity index (χ4n) is 3.04. The van der Waals surface area contributed by atoms with Crippen LogP contribution in [-0.4, -0.2) is 17.8 Å². The van der Waals surface area contributed by atoms with Crippen LogP contribution >= 0.6 is 11.8 Å². The average Bonchev–Trinajstić information content (AvgIpc) is 2.85. The molecule has 2 amide bonds. The van der Waals surface area contributed by atoms with E-state index in [1.165, 1.54) is 32.1 Å². The number of benzene rings is 1. The van der Waals surface area contributed by atoms with E-state index < -0.39 is 0 Å². The van der Waals surface area contributed by atoms with Gasteiger partial charge in [0, 0.05) is 5.41 Å². The summed E-state index contributed by atoms with van der Waals surface area (Å²) in [7, 11) is 0. The van der Waals surface area contributed by atoms with Crippen molar-refractivity contribution in [2.24, 2.45) is 5.41 Å². The Morgan fingerprint density at radius 2 is 1.87 bits per heavy atom. The van der Waals surface area contributed by atoms with Gasteiger partial charge in [0.2, 0.25) is 0 Å². The molecule has 0 unspecified atom stereocenters. The highest BCUT2D eigenvalue weighted by Crippen LogP contribution is 2.36. The number of thioether (sulfide) groups is 1. The molecule has 0 aromatic heterocycles. The molecule has 0 bridgehead atoms. The highest BCUT2D eigenvalue weighted by Gasteiger charge is 2.27. The second-order valence-corrected chi connectivity index (χ2v) is 7.60. The fourth-order valence-corrected chi connectivity index (χ4v) is 3.72. The van der Waals surface area contributed by atoms with Gasteiger partial charge in [0.25, 0.3) is 11.1 Å². The molecule has 1 aliphatic carbocycles. The van der Waals surface area contributed by atoms with Gasteiger partial charge in [0.05, 0.1) is 11.5 Å². The van der Waals surface area contributed by atoms with Gasteiger partial charge in [-0.2, -0.15) is 0 Å². The van der Waals surface area contributed by atoms with Crippen LogP contribution in [0.15, 0.2) is 29.2 Å². The molecule has 1 saturated carbocycles. The van der Waals surface area contributed by atoms with E-state index in [2.05, 4.69) is 12.2 Å². The van der Waals surface area contributed by atoms with Crippen LogP contribution < -0.4 is 10.1 Å². The first-order valence-electron chi connectivity index (χ1n) is 8.02. The smallest absolute Gasteiger partial charge is 0.290 e. The van der Waals surface area contributed by atoms with E-state index in [-0.39, 0.29) is 16.6 Å². The first-order chi connectivity index (χ1) is 11.0. The average molecular weight is 331 g/mol. The SMILES string of the molecule is CC1(COc2ccc(/C=C3/SC(=O)NC3=O)cc2)CCCCC1. The maximum atomic E-state index is 11.5. The van der Waals surface area contributed by atoms with Crippen molar-refractivity contribution in [1.29, 1.82) is 0 Å². The van der Waals surface area contributed by atoms with Crippen molar-refractivity contribution in [1.82, 2.24) is 5.32 Å². The Bertz CT molecular complexity index is 630. The molecule has 3 rings (SSSR count). The molecule has 4 nitrogen and oxygen atoms in total. The molecule has 122 valence electrons. The zero-order chi connectivity index (χ0) is 16.3. The number of imide groups is 1. The molecule has 1 aromatic carbocycles. The normalized spacial score (nSPS) is 22.2. The summed E-state index contributed by atoms with van der Waals surface area (Å²) < 4.78 is 5.95. The van der Waals surface area contributed by atoms with Gasteiger partial charge in [-0.3, -0.25) is 14.9 Å². The molecular weight excluding hydrogens is 310 g/mol. The van der Waals surface area contributed by atoms with Gasteiger partial charge in [-0.15, -0.1) is 0 Å². The first kappa shape index (κ1) is 16.1. The lowest BCUT2D eigenvalue weighted by Crippen LogP contribution is -2.27. The van der Waals surface area contributed by atoms with Crippen molar-refractivity contribution in [2.45, 2.75) is 39.0 Å². The monoisotopic (exact) mass is 331 g/mol. The molecule has 1 aliphatic heterocycles. The summed E-state index contributed by atoms with van der Waals surface area (Å²) in [4.78, 5) is 23.1. The van der Waals surface area contributed by atoms with Crippen molar-refractivity contribution < 1.29 is 14.3 Å². The highest BCUT2D eigenvalue weighted by atomic mass is 32.2. The van der Waals surface area contributed by atoms with Crippen LogP contribution in [0.3, 0.4) is 0 Å². The maximum absolute atomic E-state index is 11.5. The predicted octanol–water partition coefficient (Wildman–Crippen LogP) is 4.36. The Kier molecular flexibility index (Phi) is 4.76. The van der Waals surface area contributed by atoms with Gasteiger partial charge in [-0.1, -0.05) is 38.3 Å². The molecule has 2 aliphatic rings. The van der Waals surface area contributed by atoms with Crippen LogP contribution in [0.4, 0.5) is 4.79 Å². The first-order valence-corrected chi connectivity index (χ1v) is 8.84. The molecule has 1 aromatic rings. The molecule has 2 fully saturated rings. The van der Waals surface area contributed by atoms with Crippen LogP contribution in [0.2, 0.25) is 0 Å². The molecule has 1 N–H and O–H groups in total. The molecule has 1 heterocycles. The lowest BCUT2D eigenvalue weighted by Gasteiger charge is -2.33. The highest BCUT2D eigenvalue weighted by molar-refractivity contribution is 8.18. The van der Waals surface area contributed by atoms with Crippen molar-refractivity contribution in [3.8, 4) is 5.75 Å². The summed E-state index contributed by atoms with van der Waals surface area (Å²) in [6, 6.07) is 7.64. The molecule has 0 radical (unpaired) electrons. The van der Waals surface area contributed by atoms with E-state index in [0.29, 0.717) is 4.91 Å². The Balaban J connectivity index is 1.60. The topological polar surface area (TPSA) is 55.4 Å². The lowest BCUT2D eigenvalue weighted by atomic mass is 9.76. The number of hydrogen-bond acceptors (Lipinski definition) is 4. The summed E-state index contributed by atoms with van der Waals surface area (Å²) in [5.74, 6) is 0.518. The standard InChI is InChI=1S/C18H21NO3S/c1-18(9-3-2-4-10-18)12-22-14-7-5-13(6-8-14)11-15-16(20)19-17(21)23-15/h5-8,11H,2-4,9-10,12H2,1H3,(H,19,20,21)/b15-11+. The molecule has 23 heavy (non-hydrogen) atoms. The molecular formula is C18H21NO3S. The fraction of sp³-hybridized carbons (Fsp3) is 0.444. The van der Waals surface area contributed by atoms with E-state index in [9.17, 15) is 9.59 Å². The Hall–Kier alpha value is -1.75. The van der Waals surface area contributed by atoms with E-state index in [1.54, 1.807) is 6.08 Å². The molecule has 1 saturated heterocycles. The van der Waals surface area contributed by atoms with Crippen molar-refractivity contribution in [3.63, 3.8) is 0 Å². The minimum absolute atomic E-state index is 0.290. The van der Waals surface area contributed by atoms with Gasteiger partial charge in [0.15, 0.2) is 0 Å². The number of ether oxygens (including phenoxy) is 1. The molecule has 0 atom stereocenters. The minimum atomic E-state index is -0.328. The van der Waals surface area contributed by atoms with Gasteiger partial charge >= 0.3 is 0 Å². The van der Waals surface area contributed by atoms with Crippen LogP contribution in [-0.2, 0) is 4.79 Å². The third kappa shape index (κ3) is 4.16. The van der Waals surface area contributed by atoms with Crippen molar-refractivity contribution >= 4 is 29.0 Å². The summed E-state index contributed by atoms with van der Waals surface area (Å²) >= 11 is 0.931. The van der Waals surface area contributed by atoms with E-state index in [1.807, 2.05) is 24.3 Å². The zero-order valence-electron chi connectivity index (χ0n) is 13.3. The number of carbonyl (C=O) groups excluding carboxylic acids is 2. The number of carbonyl (C=O) groups is 2. The lowest BCUT2D eigenvalue weighted by molar-refractivity contribution is -0.115. The Labute approximate surface area is 140 Å². The third-order valence-electron chi connectivity index (χ3n) is 4.47. The van der Waals surface area contributed by atoms with Crippen molar-refractivity contribution in [3.05, 3.63) is 34.7 Å². The quantitative estimate of drug-likeness (QED) is 0.833. The van der Waals surface area contributed by atoms with Gasteiger partial charge in [-0.05, 0) is 48.4 Å². The summed E-state index contributed by atoms with van der Waals surface area (Å²) in [6.07, 6.45) is 8.12. The second kappa shape index (κ2) is 6.79. The van der Waals surface area contributed by atoms with Crippen LogP contribution in [0, 0.1) is 5.41 Å². The minimum Gasteiger partial charge on any atom is -0.493 e. The second-order valence-electron chi connectivity index (χ2n) is 6.58. The van der Waals surface area contributed by atoms with E-state index >= 15 is 0 Å². The largest absolute Gasteiger partial charge is 0.493 e. The number of nitrogens with one attached hydrogen (secondary N) is 1. The van der Waals surface area contributed by atoms with Gasteiger partial charge in [0.1, 0.15) is 5.75 Å². The van der Waals surface area contributed by atoms with E-state index in [0.717, 1.165) is 29.7 Å². The Morgan fingerprint density at radius 1 is 1.17 bits per heavy atom. The molecule has 0 spiro atoms. The van der Waals surface area contributed by atoms with E-state index in [4.69, 9.17) is 4.74 Å². The summed E-state index contributed by atoms with van der Waals surface area (Å²) in [5.41, 5.74) is 1.17. The van der Waals surface area contributed by atoms with Gasteiger partial charge in [-0.25, -0.2) is 0 Å². The number of hydrogen-bond donors (Lipinski definition) is 1. The maximum Gasteiger partial charge on any atom is 0.290 e. The third-order valence-corrected chi connectivity index (χ3v) is 5.28. The van der Waals surface area contributed by atoms with Crippen molar-refractivity contribution in [2.75, 3.05) is 6.61 Å². The molecule has 5 heteroatoms. The summed E-state index contributed by atoms with van der Waals surface area (Å²) in [6.45, 7) is 3.05. The summed E-state index contributed by atoms with van der Waals surface area (Å²) in [5, 5.41) is 1.93. The Morgan fingerprint density at radius 3 is 2.48 bits per heavy atom. The predicted molar refractivity (Wildman–Crippen MR) is 92.2 cm³/mol. The van der Waals surface area contributed by atoms with Crippen LogP contribution in [0.5, 0.6) is 5.75 Å².